The van der Waals surface area contributed by atoms with Gasteiger partial charge < -0.3 is 4.74 Å². The third-order valence-electron chi connectivity index (χ3n) is 2.65. The molecule has 0 saturated carbocycles. The Bertz CT molecular complexity index is 594. The van der Waals surface area contributed by atoms with Gasteiger partial charge >= 0.3 is 5.97 Å². The molecule has 0 saturated heterocycles. The molecular formula is C16H15ClO3. The molecule has 0 aromatic heterocycles. The second kappa shape index (κ2) is 7.46. The molecule has 0 amide bonds. The second-order valence-corrected chi connectivity index (χ2v) is 4.05. The Morgan fingerprint density at radius 1 is 0.950 bits per heavy atom. The zero-order valence-electron chi connectivity index (χ0n) is 11.0. The summed E-state index contributed by atoms with van der Waals surface area (Å²) in [4.78, 5) is 23.4. The van der Waals surface area contributed by atoms with Gasteiger partial charge in [0.05, 0.1) is 0 Å². The van der Waals surface area contributed by atoms with Crippen molar-refractivity contribution in [1.29, 1.82) is 0 Å². The lowest BCUT2D eigenvalue weighted by molar-refractivity contribution is -0.134. The quantitative estimate of drug-likeness (QED) is 0.490. The number of halogens is 1. The Balaban J connectivity index is 0.00000200. The zero-order chi connectivity index (χ0) is 13.7. The van der Waals surface area contributed by atoms with E-state index in [9.17, 15) is 9.59 Å². The van der Waals surface area contributed by atoms with Crippen LogP contribution in [0.5, 0.6) is 5.75 Å². The highest BCUT2D eigenvalue weighted by molar-refractivity contribution is 6.09. The average Bonchev–Trinajstić information content (AvgIpc) is 2.47. The van der Waals surface area contributed by atoms with Gasteiger partial charge in [0.15, 0.2) is 5.78 Å². The van der Waals surface area contributed by atoms with Crippen LogP contribution in [0.2, 0.25) is 0 Å². The Labute approximate surface area is 124 Å². The van der Waals surface area contributed by atoms with E-state index in [1.54, 1.807) is 43.3 Å². The molecule has 0 spiro atoms. The summed E-state index contributed by atoms with van der Waals surface area (Å²) in [5.41, 5.74) is 1.12. The van der Waals surface area contributed by atoms with Gasteiger partial charge in [-0.1, -0.05) is 49.4 Å². The topological polar surface area (TPSA) is 43.4 Å². The highest BCUT2D eigenvalue weighted by Crippen LogP contribution is 2.17. The monoisotopic (exact) mass is 290 g/mol. The molecule has 2 aromatic carbocycles. The first-order valence-electron chi connectivity index (χ1n) is 6.11. The molecule has 2 rings (SSSR count). The molecule has 0 bridgehead atoms. The van der Waals surface area contributed by atoms with E-state index < -0.39 is 0 Å². The van der Waals surface area contributed by atoms with Crippen LogP contribution in [0.15, 0.2) is 54.6 Å². The van der Waals surface area contributed by atoms with Gasteiger partial charge in [0.2, 0.25) is 0 Å². The summed E-state index contributed by atoms with van der Waals surface area (Å²) >= 11 is 0. The van der Waals surface area contributed by atoms with Crippen LogP contribution in [0.4, 0.5) is 0 Å². The molecule has 0 aliphatic heterocycles. The van der Waals surface area contributed by atoms with E-state index in [0.717, 1.165) is 0 Å². The lowest BCUT2D eigenvalue weighted by Crippen LogP contribution is -2.07. The first-order valence-corrected chi connectivity index (χ1v) is 6.11. The Morgan fingerprint density at radius 3 is 2.25 bits per heavy atom. The van der Waals surface area contributed by atoms with Crippen LogP contribution in [0, 0.1) is 0 Å². The van der Waals surface area contributed by atoms with E-state index in [2.05, 4.69) is 0 Å². The van der Waals surface area contributed by atoms with Crippen LogP contribution in [-0.2, 0) is 4.79 Å². The molecule has 3 nitrogen and oxygen atoms in total. The number of ketones is 1. The highest BCUT2D eigenvalue weighted by atomic mass is 35.5. The van der Waals surface area contributed by atoms with Gasteiger partial charge in [-0.05, 0) is 12.1 Å². The van der Waals surface area contributed by atoms with E-state index in [1.807, 2.05) is 18.2 Å². The molecule has 104 valence electrons. The van der Waals surface area contributed by atoms with Gasteiger partial charge in [-0.3, -0.25) is 9.59 Å². The number of ether oxygens (including phenoxy) is 1. The van der Waals surface area contributed by atoms with Crippen LogP contribution in [-0.4, -0.2) is 11.8 Å². The molecule has 0 N–H and O–H groups in total. The number of carbonyl (C=O) groups is 2. The summed E-state index contributed by atoms with van der Waals surface area (Å²) < 4.78 is 5.10. The molecule has 0 aliphatic rings. The van der Waals surface area contributed by atoms with E-state index in [-0.39, 0.29) is 24.2 Å². The standard InChI is InChI=1S/C16H14O3.ClH/c1-2-15(17)19-14-10-6-9-13(11-14)16(18)12-7-4-3-5-8-12;/h3-11H,2H2,1H3;1H. The minimum Gasteiger partial charge on any atom is -0.427 e. The Kier molecular flexibility index (Phi) is 5.94. The predicted octanol–water partition coefficient (Wildman–Crippen LogP) is 3.65. The minimum atomic E-state index is -0.315. The average molecular weight is 291 g/mol. The van der Waals surface area contributed by atoms with E-state index in [0.29, 0.717) is 23.3 Å². The van der Waals surface area contributed by atoms with Crippen molar-refractivity contribution in [2.75, 3.05) is 0 Å². The molecule has 0 unspecified atom stereocenters. The van der Waals surface area contributed by atoms with E-state index in [1.165, 1.54) is 0 Å². The maximum Gasteiger partial charge on any atom is 0.310 e. The van der Waals surface area contributed by atoms with Crippen molar-refractivity contribution in [1.82, 2.24) is 0 Å². The first-order chi connectivity index (χ1) is 9.20. The fraction of sp³-hybridized carbons (Fsp3) is 0.125. The van der Waals surface area contributed by atoms with Gasteiger partial charge in [-0.2, -0.15) is 0 Å². The van der Waals surface area contributed by atoms with Crippen LogP contribution in [0.1, 0.15) is 29.3 Å². The van der Waals surface area contributed by atoms with Crippen molar-refractivity contribution < 1.29 is 14.3 Å². The summed E-state index contributed by atoms with van der Waals surface area (Å²) in [5, 5.41) is 0. The fourth-order valence-corrected chi connectivity index (χ4v) is 1.66. The third kappa shape index (κ3) is 3.93. The molecule has 0 fully saturated rings. The normalized spacial score (nSPS) is 9.45. The SMILES string of the molecule is CCC(=O)Oc1cccc(C(=O)c2ccccc2)c1.Cl. The second-order valence-electron chi connectivity index (χ2n) is 4.05. The van der Waals surface area contributed by atoms with Crippen molar-refractivity contribution in [3.05, 3.63) is 65.7 Å². The van der Waals surface area contributed by atoms with Gasteiger partial charge in [-0.25, -0.2) is 0 Å². The lowest BCUT2D eigenvalue weighted by Gasteiger charge is -2.05. The maximum atomic E-state index is 12.2. The smallest absolute Gasteiger partial charge is 0.310 e. The summed E-state index contributed by atoms with van der Waals surface area (Å²) in [7, 11) is 0. The first kappa shape index (κ1) is 15.9. The lowest BCUT2D eigenvalue weighted by atomic mass is 10.0. The van der Waals surface area contributed by atoms with Gasteiger partial charge in [0, 0.05) is 17.5 Å². The van der Waals surface area contributed by atoms with Gasteiger partial charge in [-0.15, -0.1) is 12.4 Å². The van der Waals surface area contributed by atoms with E-state index in [4.69, 9.17) is 4.74 Å². The molecule has 4 heteroatoms. The predicted molar refractivity (Wildman–Crippen MR) is 79.5 cm³/mol. The molecule has 0 radical (unpaired) electrons. The molecule has 0 atom stereocenters. The number of rotatable bonds is 4. The van der Waals surface area contributed by atoms with Crippen molar-refractivity contribution >= 4 is 24.2 Å². The molecule has 20 heavy (non-hydrogen) atoms. The van der Waals surface area contributed by atoms with Crippen LogP contribution in [0.25, 0.3) is 0 Å². The maximum absolute atomic E-state index is 12.2. The summed E-state index contributed by atoms with van der Waals surface area (Å²) in [6.45, 7) is 1.72. The number of hydrogen-bond donors (Lipinski definition) is 0. The van der Waals surface area contributed by atoms with Crippen molar-refractivity contribution in [3.63, 3.8) is 0 Å². The van der Waals surface area contributed by atoms with Crippen LogP contribution < -0.4 is 4.74 Å². The molecule has 2 aromatic rings. The summed E-state index contributed by atoms with van der Waals surface area (Å²) in [6, 6.07) is 15.7. The number of hydrogen-bond acceptors (Lipinski definition) is 3. The Morgan fingerprint density at radius 2 is 1.60 bits per heavy atom. The number of esters is 1. The van der Waals surface area contributed by atoms with Crippen LogP contribution >= 0.6 is 12.4 Å². The largest absolute Gasteiger partial charge is 0.427 e. The van der Waals surface area contributed by atoms with Gasteiger partial charge in [0.25, 0.3) is 0 Å². The molecule has 0 heterocycles. The Hall–Kier alpha value is -2.13. The van der Waals surface area contributed by atoms with Crippen LogP contribution in [0.3, 0.4) is 0 Å². The third-order valence-corrected chi connectivity index (χ3v) is 2.65. The highest BCUT2D eigenvalue weighted by Gasteiger charge is 2.10. The number of benzene rings is 2. The number of carbonyl (C=O) groups excluding carboxylic acids is 2. The fourth-order valence-electron chi connectivity index (χ4n) is 1.66. The molecule has 0 aliphatic carbocycles. The van der Waals surface area contributed by atoms with Crippen molar-refractivity contribution in [2.45, 2.75) is 13.3 Å². The van der Waals surface area contributed by atoms with Gasteiger partial charge in [0.1, 0.15) is 5.75 Å². The van der Waals surface area contributed by atoms with Crippen molar-refractivity contribution in [3.8, 4) is 5.75 Å². The summed E-state index contributed by atoms with van der Waals surface area (Å²) in [6.07, 6.45) is 0.302. The van der Waals surface area contributed by atoms with Crippen molar-refractivity contribution in [2.24, 2.45) is 0 Å². The summed E-state index contributed by atoms with van der Waals surface area (Å²) in [5.74, 6) is -0.00654. The zero-order valence-corrected chi connectivity index (χ0v) is 11.9. The minimum absolute atomic E-state index is 0. The molecular weight excluding hydrogens is 276 g/mol. The van der Waals surface area contributed by atoms with E-state index >= 15 is 0 Å².